The molecule has 0 aliphatic heterocycles. The van der Waals surface area contributed by atoms with Gasteiger partial charge in [0, 0.05) is 17.6 Å². The molecule has 0 saturated carbocycles. The molecule has 116 valence electrons. The van der Waals surface area contributed by atoms with Crippen molar-refractivity contribution in [3.05, 3.63) is 65.7 Å². The number of nitrogens with two attached hydrogens (primary N) is 1. The molecule has 0 spiro atoms. The van der Waals surface area contributed by atoms with Crippen LogP contribution in [0, 0.1) is 0 Å². The molecular formula is C18H22N2O2. The summed E-state index contributed by atoms with van der Waals surface area (Å²) in [7, 11) is 0. The molecule has 0 amide bonds. The largest absolute Gasteiger partial charge is 0.480 e. The fourth-order valence-electron chi connectivity index (χ4n) is 2.53. The van der Waals surface area contributed by atoms with Crippen LogP contribution in [0.4, 0.5) is 5.69 Å². The number of rotatable bonds is 6. The van der Waals surface area contributed by atoms with Crippen LogP contribution in [0.5, 0.6) is 0 Å². The molecule has 0 radical (unpaired) electrons. The van der Waals surface area contributed by atoms with Crippen molar-refractivity contribution in [1.29, 1.82) is 0 Å². The van der Waals surface area contributed by atoms with E-state index in [9.17, 15) is 9.90 Å². The highest BCUT2D eigenvalue weighted by Crippen LogP contribution is 2.28. The fraction of sp³-hybridized carbons (Fsp3) is 0.278. The summed E-state index contributed by atoms with van der Waals surface area (Å²) in [5.74, 6) is -1.37. The molecule has 0 saturated heterocycles. The van der Waals surface area contributed by atoms with Gasteiger partial charge in [0.1, 0.15) is 6.04 Å². The van der Waals surface area contributed by atoms with E-state index in [0.29, 0.717) is 6.04 Å². The third-order valence-electron chi connectivity index (χ3n) is 3.53. The molecule has 0 aromatic heterocycles. The molecule has 0 fully saturated rings. The minimum atomic E-state index is -1.00. The number of aliphatic carboxylic acids is 1. The van der Waals surface area contributed by atoms with Gasteiger partial charge in [-0.25, -0.2) is 0 Å². The fourth-order valence-corrected chi connectivity index (χ4v) is 2.53. The van der Waals surface area contributed by atoms with Crippen LogP contribution in [0.1, 0.15) is 30.9 Å². The summed E-state index contributed by atoms with van der Waals surface area (Å²) in [5.41, 5.74) is 8.74. The number of anilines is 1. The van der Waals surface area contributed by atoms with E-state index in [2.05, 4.69) is 19.2 Å². The summed E-state index contributed by atoms with van der Waals surface area (Å²) in [6.07, 6.45) is 0. The molecule has 22 heavy (non-hydrogen) atoms. The van der Waals surface area contributed by atoms with Crippen LogP contribution in [0.2, 0.25) is 0 Å². The number of carboxylic acid groups (broad SMARTS) is 1. The molecule has 2 rings (SSSR count). The van der Waals surface area contributed by atoms with E-state index in [1.807, 2.05) is 54.6 Å². The number of nitrogens with one attached hydrogen (secondary N) is 1. The van der Waals surface area contributed by atoms with E-state index in [0.717, 1.165) is 16.8 Å². The molecule has 0 bridgehead atoms. The maximum atomic E-state index is 11.4. The number of carboxylic acids is 1. The average Bonchev–Trinajstić information content (AvgIpc) is 2.49. The molecular weight excluding hydrogens is 276 g/mol. The average molecular weight is 298 g/mol. The lowest BCUT2D eigenvalue weighted by Gasteiger charge is -2.22. The third kappa shape index (κ3) is 3.86. The summed E-state index contributed by atoms with van der Waals surface area (Å²) >= 11 is 0. The number of benzene rings is 2. The predicted molar refractivity (Wildman–Crippen MR) is 89.1 cm³/mol. The van der Waals surface area contributed by atoms with Gasteiger partial charge in [-0.05, 0) is 37.1 Å². The first-order valence-electron chi connectivity index (χ1n) is 7.39. The number of hydrogen-bond acceptors (Lipinski definition) is 3. The van der Waals surface area contributed by atoms with E-state index in [4.69, 9.17) is 5.73 Å². The Labute approximate surface area is 131 Å². The summed E-state index contributed by atoms with van der Waals surface area (Å²) < 4.78 is 0. The van der Waals surface area contributed by atoms with Gasteiger partial charge in [-0.1, -0.05) is 42.5 Å². The summed E-state index contributed by atoms with van der Waals surface area (Å²) in [6.45, 7) is 4.14. The molecule has 0 aliphatic rings. The minimum absolute atomic E-state index is 0.344. The normalized spacial score (nSPS) is 13.6. The molecule has 2 aromatic carbocycles. The lowest BCUT2D eigenvalue weighted by Crippen LogP contribution is -2.37. The quantitative estimate of drug-likeness (QED) is 0.766. The van der Waals surface area contributed by atoms with E-state index >= 15 is 0 Å². The monoisotopic (exact) mass is 298 g/mol. The summed E-state index contributed by atoms with van der Waals surface area (Å²) in [5, 5.41) is 12.6. The highest BCUT2D eigenvalue weighted by molar-refractivity contribution is 5.75. The van der Waals surface area contributed by atoms with Gasteiger partial charge in [0.05, 0.1) is 0 Å². The lowest BCUT2D eigenvalue weighted by atomic mass is 9.85. The van der Waals surface area contributed by atoms with Crippen LogP contribution >= 0.6 is 0 Å². The van der Waals surface area contributed by atoms with Gasteiger partial charge in [-0.3, -0.25) is 4.79 Å². The predicted octanol–water partition coefficient (Wildman–Crippen LogP) is 3.05. The van der Waals surface area contributed by atoms with Crippen LogP contribution in [-0.4, -0.2) is 23.2 Å². The van der Waals surface area contributed by atoms with E-state index in [1.54, 1.807) is 0 Å². The Balaban J connectivity index is 2.35. The molecule has 2 atom stereocenters. The van der Waals surface area contributed by atoms with Gasteiger partial charge < -0.3 is 16.2 Å². The van der Waals surface area contributed by atoms with E-state index in [1.165, 1.54) is 0 Å². The molecule has 4 N–H and O–H groups in total. The first-order valence-corrected chi connectivity index (χ1v) is 7.39. The van der Waals surface area contributed by atoms with Crippen molar-refractivity contribution in [1.82, 2.24) is 0 Å². The smallest absolute Gasteiger partial charge is 0.321 e. The van der Waals surface area contributed by atoms with Gasteiger partial charge in [-0.2, -0.15) is 0 Å². The Morgan fingerprint density at radius 2 is 1.55 bits per heavy atom. The lowest BCUT2D eigenvalue weighted by molar-refractivity contribution is -0.138. The maximum absolute atomic E-state index is 11.4. The molecule has 0 heterocycles. The SMILES string of the molecule is CC(C)Nc1ccc(C(c2ccccc2)[C@H](N)C(=O)O)cc1. The van der Waals surface area contributed by atoms with Crippen molar-refractivity contribution >= 4 is 11.7 Å². The zero-order valence-electron chi connectivity index (χ0n) is 12.9. The second kappa shape index (κ2) is 7.09. The Hall–Kier alpha value is -2.33. The van der Waals surface area contributed by atoms with Gasteiger partial charge in [0.15, 0.2) is 0 Å². The van der Waals surface area contributed by atoms with E-state index in [-0.39, 0.29) is 5.92 Å². The van der Waals surface area contributed by atoms with Crippen molar-refractivity contribution in [2.75, 3.05) is 5.32 Å². The van der Waals surface area contributed by atoms with Crippen LogP contribution in [0.3, 0.4) is 0 Å². The van der Waals surface area contributed by atoms with Crippen molar-refractivity contribution in [3.8, 4) is 0 Å². The second-order valence-corrected chi connectivity index (χ2v) is 5.67. The molecule has 4 heteroatoms. The number of hydrogen-bond donors (Lipinski definition) is 3. The highest BCUT2D eigenvalue weighted by Gasteiger charge is 2.27. The third-order valence-corrected chi connectivity index (χ3v) is 3.53. The second-order valence-electron chi connectivity index (χ2n) is 5.67. The molecule has 1 unspecified atom stereocenters. The first kappa shape index (κ1) is 16.0. The minimum Gasteiger partial charge on any atom is -0.480 e. The van der Waals surface area contributed by atoms with Gasteiger partial charge in [0.25, 0.3) is 0 Å². The van der Waals surface area contributed by atoms with Crippen molar-refractivity contribution < 1.29 is 9.90 Å². The zero-order valence-corrected chi connectivity index (χ0v) is 12.9. The van der Waals surface area contributed by atoms with Gasteiger partial charge in [0.2, 0.25) is 0 Å². The Bertz CT molecular complexity index is 609. The van der Waals surface area contributed by atoms with Gasteiger partial charge in [-0.15, -0.1) is 0 Å². The topological polar surface area (TPSA) is 75.3 Å². The van der Waals surface area contributed by atoms with Crippen molar-refractivity contribution in [2.45, 2.75) is 31.8 Å². The van der Waals surface area contributed by atoms with Crippen LogP contribution in [0.25, 0.3) is 0 Å². The zero-order chi connectivity index (χ0) is 16.1. The first-order chi connectivity index (χ1) is 10.5. The van der Waals surface area contributed by atoms with Crippen molar-refractivity contribution in [3.63, 3.8) is 0 Å². The van der Waals surface area contributed by atoms with Crippen LogP contribution < -0.4 is 11.1 Å². The molecule has 4 nitrogen and oxygen atoms in total. The van der Waals surface area contributed by atoms with Gasteiger partial charge >= 0.3 is 5.97 Å². The number of carbonyl (C=O) groups is 1. The highest BCUT2D eigenvalue weighted by atomic mass is 16.4. The summed E-state index contributed by atoms with van der Waals surface area (Å²) in [6, 6.07) is 16.7. The molecule has 0 aliphatic carbocycles. The standard InChI is InChI=1S/C18H22N2O2/c1-12(2)20-15-10-8-14(9-11-15)16(17(19)18(21)22)13-6-4-3-5-7-13/h3-12,16-17,20H,19H2,1-2H3,(H,21,22)/t16?,17-/m0/s1. The van der Waals surface area contributed by atoms with E-state index < -0.39 is 12.0 Å². The van der Waals surface area contributed by atoms with Crippen molar-refractivity contribution in [2.24, 2.45) is 5.73 Å². The van der Waals surface area contributed by atoms with Crippen LogP contribution in [-0.2, 0) is 4.79 Å². The Kier molecular flexibility index (Phi) is 5.17. The maximum Gasteiger partial charge on any atom is 0.321 e. The van der Waals surface area contributed by atoms with Crippen LogP contribution in [0.15, 0.2) is 54.6 Å². The summed E-state index contributed by atoms with van der Waals surface area (Å²) in [4.78, 5) is 11.4. The molecule has 2 aromatic rings. The Morgan fingerprint density at radius 3 is 2.05 bits per heavy atom. The Morgan fingerprint density at radius 1 is 1.00 bits per heavy atom.